The Morgan fingerprint density at radius 2 is 2.11 bits per heavy atom. The summed E-state index contributed by atoms with van der Waals surface area (Å²) in [4.78, 5) is 23.6. The van der Waals surface area contributed by atoms with Gasteiger partial charge in [0.05, 0.1) is 29.1 Å². The van der Waals surface area contributed by atoms with Crippen LogP contribution in [0.3, 0.4) is 0 Å². The molecule has 0 bridgehead atoms. The molecule has 28 heavy (non-hydrogen) atoms. The number of rotatable bonds is 8. The van der Waals surface area contributed by atoms with Crippen LogP contribution in [0.2, 0.25) is 0 Å². The van der Waals surface area contributed by atoms with Crippen molar-refractivity contribution >= 4 is 55.7 Å². The third-order valence-corrected chi connectivity index (χ3v) is 7.41. The third-order valence-electron chi connectivity index (χ3n) is 4.34. The standard InChI is InChI=1S/C19H22N4O2S3/c24-17(6-3-11-26-19-21-15-4-1-2-5-16(15)28-19)22-18-20-14(13-27-18)12-23-7-9-25-10-8-23/h1-2,4-5,13H,3,6-12H2,(H,20,22,24). The van der Waals surface area contributed by atoms with Gasteiger partial charge in [-0.05, 0) is 18.6 Å². The van der Waals surface area contributed by atoms with Crippen LogP contribution in [0.5, 0.6) is 0 Å². The monoisotopic (exact) mass is 434 g/mol. The number of carbonyl (C=O) groups excluding carboxylic acids is 1. The molecule has 1 aromatic carbocycles. The van der Waals surface area contributed by atoms with Gasteiger partial charge in [0, 0.05) is 37.2 Å². The van der Waals surface area contributed by atoms with Crippen LogP contribution in [0.4, 0.5) is 5.13 Å². The van der Waals surface area contributed by atoms with Gasteiger partial charge in [0.25, 0.3) is 0 Å². The van der Waals surface area contributed by atoms with Crippen molar-refractivity contribution in [3.05, 3.63) is 35.3 Å². The lowest BCUT2D eigenvalue weighted by Crippen LogP contribution is -2.35. The maximum Gasteiger partial charge on any atom is 0.226 e. The van der Waals surface area contributed by atoms with Crippen LogP contribution in [0.25, 0.3) is 10.2 Å². The molecule has 148 valence electrons. The van der Waals surface area contributed by atoms with E-state index in [-0.39, 0.29) is 5.91 Å². The van der Waals surface area contributed by atoms with E-state index in [0.29, 0.717) is 11.6 Å². The van der Waals surface area contributed by atoms with Gasteiger partial charge in [-0.15, -0.1) is 22.7 Å². The molecular formula is C19H22N4O2S3. The average molecular weight is 435 g/mol. The maximum atomic E-state index is 12.2. The van der Waals surface area contributed by atoms with E-state index in [4.69, 9.17) is 4.74 Å². The van der Waals surface area contributed by atoms with Crippen molar-refractivity contribution in [1.82, 2.24) is 14.9 Å². The smallest absolute Gasteiger partial charge is 0.226 e. The second kappa shape index (κ2) is 9.80. The number of para-hydroxylation sites is 1. The number of nitrogens with one attached hydrogen (secondary N) is 1. The van der Waals surface area contributed by atoms with Crippen molar-refractivity contribution in [2.75, 3.05) is 37.4 Å². The molecule has 0 aliphatic carbocycles. The summed E-state index contributed by atoms with van der Waals surface area (Å²) in [6.07, 6.45) is 1.31. The van der Waals surface area contributed by atoms with E-state index in [1.165, 1.54) is 16.0 Å². The van der Waals surface area contributed by atoms with E-state index in [1.807, 2.05) is 23.6 Å². The minimum absolute atomic E-state index is 0.0252. The molecule has 0 atom stereocenters. The van der Waals surface area contributed by atoms with E-state index in [2.05, 4.69) is 26.3 Å². The first-order valence-electron chi connectivity index (χ1n) is 9.29. The Morgan fingerprint density at radius 1 is 1.25 bits per heavy atom. The first-order chi connectivity index (χ1) is 13.8. The minimum atomic E-state index is 0.0252. The quantitative estimate of drug-likeness (QED) is 0.425. The zero-order valence-electron chi connectivity index (χ0n) is 15.4. The van der Waals surface area contributed by atoms with Crippen LogP contribution >= 0.6 is 34.4 Å². The Hall–Kier alpha value is -1.52. The fourth-order valence-electron chi connectivity index (χ4n) is 2.91. The van der Waals surface area contributed by atoms with E-state index < -0.39 is 0 Å². The SMILES string of the molecule is O=C(CCCSc1nc2ccccc2s1)Nc1nc(CN2CCOCC2)cs1. The first kappa shape index (κ1) is 19.8. The van der Waals surface area contributed by atoms with E-state index in [1.54, 1.807) is 23.1 Å². The van der Waals surface area contributed by atoms with Crippen molar-refractivity contribution in [2.24, 2.45) is 0 Å². The highest BCUT2D eigenvalue weighted by Crippen LogP contribution is 2.29. The fourth-order valence-corrected chi connectivity index (χ4v) is 5.71. The molecule has 3 aromatic rings. The number of hydrogen-bond donors (Lipinski definition) is 1. The predicted molar refractivity (Wildman–Crippen MR) is 116 cm³/mol. The van der Waals surface area contributed by atoms with Crippen LogP contribution in [-0.4, -0.2) is 52.8 Å². The molecule has 1 aliphatic heterocycles. The molecule has 3 heterocycles. The highest BCUT2D eigenvalue weighted by molar-refractivity contribution is 8.01. The summed E-state index contributed by atoms with van der Waals surface area (Å²) in [5.74, 6) is 0.907. The molecule has 1 N–H and O–H groups in total. The number of hydrogen-bond acceptors (Lipinski definition) is 8. The molecular weight excluding hydrogens is 412 g/mol. The second-order valence-electron chi connectivity index (χ2n) is 6.48. The zero-order valence-corrected chi connectivity index (χ0v) is 17.9. The average Bonchev–Trinajstić information content (AvgIpc) is 3.32. The van der Waals surface area contributed by atoms with E-state index in [9.17, 15) is 4.79 Å². The Kier molecular flexibility index (Phi) is 6.92. The number of carbonyl (C=O) groups is 1. The summed E-state index contributed by atoms with van der Waals surface area (Å²) in [6, 6.07) is 8.16. The van der Waals surface area contributed by atoms with Gasteiger partial charge in [-0.2, -0.15) is 0 Å². The lowest BCUT2D eigenvalue weighted by atomic mass is 10.3. The second-order valence-corrected chi connectivity index (χ2v) is 9.71. The number of thiazole rings is 2. The Labute approximate surface area is 176 Å². The lowest BCUT2D eigenvalue weighted by molar-refractivity contribution is -0.116. The molecule has 0 spiro atoms. The Balaban J connectivity index is 1.17. The molecule has 0 unspecified atom stereocenters. The van der Waals surface area contributed by atoms with E-state index in [0.717, 1.165) is 60.6 Å². The molecule has 9 heteroatoms. The number of thioether (sulfide) groups is 1. The van der Waals surface area contributed by atoms with Gasteiger partial charge >= 0.3 is 0 Å². The van der Waals surface area contributed by atoms with Gasteiger partial charge < -0.3 is 10.1 Å². The van der Waals surface area contributed by atoms with Gasteiger partial charge in [-0.25, -0.2) is 9.97 Å². The summed E-state index contributed by atoms with van der Waals surface area (Å²) in [6.45, 7) is 4.25. The normalized spacial score (nSPS) is 15.1. The number of anilines is 1. The van der Waals surface area contributed by atoms with Gasteiger partial charge in [-0.3, -0.25) is 9.69 Å². The van der Waals surface area contributed by atoms with Gasteiger partial charge in [-0.1, -0.05) is 23.9 Å². The van der Waals surface area contributed by atoms with Crippen molar-refractivity contribution in [3.63, 3.8) is 0 Å². The predicted octanol–water partition coefficient (Wildman–Crippen LogP) is 4.10. The molecule has 0 radical (unpaired) electrons. The lowest BCUT2D eigenvalue weighted by Gasteiger charge is -2.25. The fraction of sp³-hybridized carbons (Fsp3) is 0.421. The minimum Gasteiger partial charge on any atom is -0.379 e. The molecule has 2 aromatic heterocycles. The highest BCUT2D eigenvalue weighted by Gasteiger charge is 2.13. The number of fused-ring (bicyclic) bond motifs is 1. The van der Waals surface area contributed by atoms with E-state index >= 15 is 0 Å². The molecule has 1 aliphatic rings. The van der Waals surface area contributed by atoms with Crippen LogP contribution in [-0.2, 0) is 16.1 Å². The summed E-state index contributed by atoms with van der Waals surface area (Å²) < 4.78 is 7.64. The Morgan fingerprint density at radius 3 is 2.96 bits per heavy atom. The largest absolute Gasteiger partial charge is 0.379 e. The molecule has 1 saturated heterocycles. The number of ether oxygens (including phenoxy) is 1. The molecule has 1 fully saturated rings. The first-order valence-corrected chi connectivity index (χ1v) is 12.0. The number of benzene rings is 1. The number of nitrogens with zero attached hydrogens (tertiary/aromatic N) is 3. The van der Waals surface area contributed by atoms with Crippen molar-refractivity contribution < 1.29 is 9.53 Å². The number of amides is 1. The zero-order chi connectivity index (χ0) is 19.2. The third kappa shape index (κ3) is 5.51. The molecule has 0 saturated carbocycles. The summed E-state index contributed by atoms with van der Waals surface area (Å²) >= 11 is 4.91. The van der Waals surface area contributed by atoms with Gasteiger partial charge in [0.1, 0.15) is 0 Å². The van der Waals surface area contributed by atoms with Crippen molar-refractivity contribution in [2.45, 2.75) is 23.7 Å². The van der Waals surface area contributed by atoms with Gasteiger partial charge in [0.15, 0.2) is 9.47 Å². The highest BCUT2D eigenvalue weighted by atomic mass is 32.2. The van der Waals surface area contributed by atoms with Crippen LogP contribution < -0.4 is 5.32 Å². The summed E-state index contributed by atoms with van der Waals surface area (Å²) in [5, 5.41) is 5.63. The molecule has 1 amide bonds. The Bertz CT molecular complexity index is 888. The topological polar surface area (TPSA) is 67.4 Å². The van der Waals surface area contributed by atoms with Crippen molar-refractivity contribution in [3.8, 4) is 0 Å². The van der Waals surface area contributed by atoms with Crippen LogP contribution in [0.1, 0.15) is 18.5 Å². The number of aromatic nitrogens is 2. The molecule has 4 rings (SSSR count). The molecule has 6 nitrogen and oxygen atoms in total. The van der Waals surface area contributed by atoms with Crippen LogP contribution in [0.15, 0.2) is 34.0 Å². The van der Waals surface area contributed by atoms with Crippen LogP contribution in [0, 0.1) is 0 Å². The van der Waals surface area contributed by atoms with Crippen molar-refractivity contribution in [1.29, 1.82) is 0 Å². The van der Waals surface area contributed by atoms with Gasteiger partial charge in [0.2, 0.25) is 5.91 Å². The summed E-state index contributed by atoms with van der Waals surface area (Å²) in [5.41, 5.74) is 2.05. The summed E-state index contributed by atoms with van der Waals surface area (Å²) in [7, 11) is 0. The maximum absolute atomic E-state index is 12.2. The number of morpholine rings is 1.